The molecule has 0 amide bonds. The molecule has 0 saturated heterocycles. The number of hydrogen-bond donors (Lipinski definition) is 0. The predicted molar refractivity (Wildman–Crippen MR) is 254 cm³/mol. The van der Waals surface area contributed by atoms with E-state index in [0.29, 0.717) is 17.5 Å². The average Bonchev–Trinajstić information content (AvgIpc) is 4.03. The van der Waals surface area contributed by atoms with Gasteiger partial charge in [-0.2, -0.15) is 0 Å². The Hall–Kier alpha value is -8.68. The van der Waals surface area contributed by atoms with E-state index in [1.54, 1.807) is 6.20 Å². The summed E-state index contributed by atoms with van der Waals surface area (Å²) >= 11 is 0. The van der Waals surface area contributed by atoms with Gasteiger partial charge < -0.3 is 13.4 Å². The number of pyridine rings is 1. The lowest BCUT2D eigenvalue weighted by molar-refractivity contribution is 0.668. The lowest BCUT2D eigenvalue weighted by Crippen LogP contribution is -2.01. The minimum absolute atomic E-state index is 0.557. The maximum absolute atomic E-state index is 6.20. The first-order chi connectivity index (χ1) is 31.2. The van der Waals surface area contributed by atoms with E-state index in [4.69, 9.17) is 23.8 Å². The van der Waals surface area contributed by atoms with Crippen molar-refractivity contribution < 1.29 is 8.83 Å². The normalized spacial score (nSPS) is 11.8. The van der Waals surface area contributed by atoms with Crippen LogP contribution in [0.4, 0.5) is 0 Å². The van der Waals surface area contributed by atoms with Gasteiger partial charge in [-0.15, -0.1) is 0 Å². The second-order valence-electron chi connectivity index (χ2n) is 15.8. The molecule has 5 heterocycles. The minimum Gasteiger partial charge on any atom is -0.456 e. The summed E-state index contributed by atoms with van der Waals surface area (Å²) in [5.74, 6) is 1.71. The fourth-order valence-corrected chi connectivity index (χ4v) is 9.18. The third-order valence-corrected chi connectivity index (χ3v) is 12.1. The maximum atomic E-state index is 6.20. The van der Waals surface area contributed by atoms with E-state index >= 15 is 0 Å². The third-order valence-electron chi connectivity index (χ3n) is 12.1. The summed E-state index contributed by atoms with van der Waals surface area (Å²) in [6.07, 6.45) is 1.79. The largest absolute Gasteiger partial charge is 0.456 e. The van der Waals surface area contributed by atoms with E-state index in [0.717, 1.165) is 99.7 Å². The molecule has 0 aliphatic carbocycles. The number of para-hydroxylation sites is 2. The third kappa shape index (κ3) is 5.75. The van der Waals surface area contributed by atoms with Crippen molar-refractivity contribution in [1.29, 1.82) is 0 Å². The number of benzene rings is 8. The van der Waals surface area contributed by atoms with Crippen LogP contribution >= 0.6 is 0 Å². The molecule has 7 nitrogen and oxygen atoms in total. The van der Waals surface area contributed by atoms with Crippen molar-refractivity contribution in [2.24, 2.45) is 0 Å². The SMILES string of the molecule is c1ccc(-c2cccc(-c3nc(-c4cccc(-n5c6ccccc6c6c(-c7ccc8oc9ccccc9c8c7)cccc65)c4)nc(-c4ccc5oc6cccnc6c5c4)n3)c2)cc1. The molecular weight excluding hydrogens is 775 g/mol. The zero-order chi connectivity index (χ0) is 41.4. The first-order valence-electron chi connectivity index (χ1n) is 20.9. The molecule has 5 aromatic heterocycles. The number of nitrogens with zero attached hydrogens (tertiary/aromatic N) is 5. The lowest BCUT2D eigenvalue weighted by Gasteiger charge is -2.12. The Morgan fingerprint density at radius 1 is 0.349 bits per heavy atom. The van der Waals surface area contributed by atoms with Crippen molar-refractivity contribution in [3.8, 4) is 62.1 Å². The molecule has 13 aromatic rings. The number of aromatic nitrogens is 5. The second kappa shape index (κ2) is 13.9. The molecule has 0 saturated carbocycles. The van der Waals surface area contributed by atoms with Gasteiger partial charge in [0.2, 0.25) is 0 Å². The van der Waals surface area contributed by atoms with E-state index in [9.17, 15) is 0 Å². The van der Waals surface area contributed by atoms with E-state index in [2.05, 4.69) is 161 Å². The van der Waals surface area contributed by atoms with Crippen LogP contribution < -0.4 is 0 Å². The van der Waals surface area contributed by atoms with Crippen molar-refractivity contribution in [2.45, 2.75) is 0 Å². The topological polar surface area (TPSA) is 82.8 Å². The zero-order valence-corrected chi connectivity index (χ0v) is 33.6. The van der Waals surface area contributed by atoms with Crippen LogP contribution in [0.3, 0.4) is 0 Å². The Balaban J connectivity index is 0.986. The highest BCUT2D eigenvalue weighted by Crippen LogP contribution is 2.41. The van der Waals surface area contributed by atoms with Gasteiger partial charge in [0.15, 0.2) is 23.1 Å². The smallest absolute Gasteiger partial charge is 0.164 e. The molecule has 0 bridgehead atoms. The molecule has 0 N–H and O–H groups in total. The van der Waals surface area contributed by atoms with Gasteiger partial charge in [-0.1, -0.05) is 115 Å². The Labute approximate surface area is 360 Å². The van der Waals surface area contributed by atoms with E-state index in [1.165, 1.54) is 10.8 Å². The standard InChI is InChI=1S/C56H33N5O2/c1-2-12-34(13-3-1)35-14-8-15-37(30-35)54-58-55(60-56(59-54)39-26-28-50-45(33-39)53-51(63-50)24-11-29-57-53)38-16-9-17-40(31-38)61-46-21-6-4-19-43(46)52-41(20-10-22-47(52)61)36-25-27-49-44(32-36)42-18-5-7-23-48(42)62-49/h1-33H. The molecular formula is C56H33N5O2. The molecule has 0 atom stereocenters. The first-order valence-corrected chi connectivity index (χ1v) is 20.9. The molecule has 8 aromatic carbocycles. The maximum Gasteiger partial charge on any atom is 0.164 e. The Morgan fingerprint density at radius 3 is 1.79 bits per heavy atom. The summed E-state index contributed by atoms with van der Waals surface area (Å²) in [5, 5.41) is 5.48. The quantitative estimate of drug-likeness (QED) is 0.166. The van der Waals surface area contributed by atoms with E-state index < -0.39 is 0 Å². The number of rotatable bonds is 6. The summed E-state index contributed by atoms with van der Waals surface area (Å²) < 4.78 is 14.7. The number of fused-ring (bicyclic) bond motifs is 9. The van der Waals surface area contributed by atoms with Crippen LogP contribution in [-0.4, -0.2) is 24.5 Å². The summed E-state index contributed by atoms with van der Waals surface area (Å²) in [5.41, 5.74) is 14.4. The van der Waals surface area contributed by atoms with Crippen LogP contribution in [0.1, 0.15) is 0 Å². The van der Waals surface area contributed by atoms with Crippen LogP contribution in [0.5, 0.6) is 0 Å². The number of hydrogen-bond acceptors (Lipinski definition) is 6. The molecule has 13 rings (SSSR count). The zero-order valence-electron chi connectivity index (χ0n) is 33.6. The van der Waals surface area contributed by atoms with Crippen LogP contribution in [0.2, 0.25) is 0 Å². The van der Waals surface area contributed by atoms with Crippen molar-refractivity contribution in [2.75, 3.05) is 0 Å². The van der Waals surface area contributed by atoms with Gasteiger partial charge in [0.1, 0.15) is 22.3 Å². The summed E-state index contributed by atoms with van der Waals surface area (Å²) in [6, 6.07) is 67.1. The Morgan fingerprint density at radius 2 is 0.937 bits per heavy atom. The van der Waals surface area contributed by atoms with Crippen molar-refractivity contribution in [3.63, 3.8) is 0 Å². The lowest BCUT2D eigenvalue weighted by atomic mass is 9.98. The highest BCUT2D eigenvalue weighted by Gasteiger charge is 2.20. The van der Waals surface area contributed by atoms with Crippen molar-refractivity contribution in [1.82, 2.24) is 24.5 Å². The molecule has 294 valence electrons. The van der Waals surface area contributed by atoms with Crippen LogP contribution in [0.25, 0.3) is 128 Å². The van der Waals surface area contributed by atoms with Crippen LogP contribution in [-0.2, 0) is 0 Å². The van der Waals surface area contributed by atoms with Crippen LogP contribution in [0.15, 0.2) is 209 Å². The van der Waals surface area contributed by atoms with Gasteiger partial charge >= 0.3 is 0 Å². The fraction of sp³-hybridized carbons (Fsp3) is 0. The Bertz CT molecular complexity index is 3940. The summed E-state index contributed by atoms with van der Waals surface area (Å²) in [6.45, 7) is 0. The average molecular weight is 808 g/mol. The monoisotopic (exact) mass is 807 g/mol. The predicted octanol–water partition coefficient (Wildman–Crippen LogP) is 14.5. The molecule has 0 fully saturated rings. The molecule has 63 heavy (non-hydrogen) atoms. The first kappa shape index (κ1) is 35.1. The van der Waals surface area contributed by atoms with Gasteiger partial charge in [-0.3, -0.25) is 4.98 Å². The van der Waals surface area contributed by atoms with Gasteiger partial charge in [-0.05, 0) is 101 Å². The molecule has 0 aliphatic rings. The molecule has 0 radical (unpaired) electrons. The summed E-state index contributed by atoms with van der Waals surface area (Å²) in [7, 11) is 0. The second-order valence-corrected chi connectivity index (χ2v) is 15.8. The number of furan rings is 2. The minimum atomic E-state index is 0.557. The molecule has 0 aliphatic heterocycles. The van der Waals surface area contributed by atoms with Crippen molar-refractivity contribution in [3.05, 3.63) is 200 Å². The van der Waals surface area contributed by atoms with Crippen LogP contribution in [0, 0.1) is 0 Å². The van der Waals surface area contributed by atoms with E-state index in [-0.39, 0.29) is 0 Å². The highest BCUT2D eigenvalue weighted by atomic mass is 16.3. The van der Waals surface area contributed by atoms with Gasteiger partial charge in [-0.25, -0.2) is 15.0 Å². The van der Waals surface area contributed by atoms with Crippen molar-refractivity contribution >= 4 is 65.8 Å². The molecule has 0 unspecified atom stereocenters. The van der Waals surface area contributed by atoms with E-state index in [1.807, 2.05) is 42.5 Å². The molecule has 7 heteroatoms. The molecule has 0 spiro atoms. The van der Waals surface area contributed by atoms with Gasteiger partial charge in [0.05, 0.1) is 11.0 Å². The van der Waals surface area contributed by atoms with Gasteiger partial charge in [0.25, 0.3) is 0 Å². The fourth-order valence-electron chi connectivity index (χ4n) is 9.18. The highest BCUT2D eigenvalue weighted by molar-refractivity contribution is 6.17. The summed E-state index contributed by atoms with van der Waals surface area (Å²) in [4.78, 5) is 20.2. The Kier molecular flexibility index (Phi) is 7.77. The van der Waals surface area contributed by atoms with Gasteiger partial charge in [0, 0.05) is 55.5 Å².